The minimum Gasteiger partial charge on any atom is -0.328 e. The van der Waals surface area contributed by atoms with Gasteiger partial charge in [-0.05, 0) is 47.9 Å². The third kappa shape index (κ3) is 13.8. The van der Waals surface area contributed by atoms with Gasteiger partial charge in [0.2, 0.25) is 0 Å². The van der Waals surface area contributed by atoms with E-state index in [1.165, 1.54) is 140 Å². The second-order valence-corrected chi connectivity index (χ2v) is 12.4. The second-order valence-electron chi connectivity index (χ2n) is 12.4. The molecule has 0 aliphatic rings. The Morgan fingerprint density at radius 1 is 0.425 bits per heavy atom. The number of rotatable bonds is 25. The van der Waals surface area contributed by atoms with Gasteiger partial charge in [-0.1, -0.05) is 178 Å². The zero-order chi connectivity index (χ0) is 28.7. The smallest absolute Gasteiger partial charge is 0.0789 e. The van der Waals surface area contributed by atoms with Crippen molar-refractivity contribution in [3.8, 4) is 0 Å². The van der Waals surface area contributed by atoms with Crippen LogP contribution in [0.15, 0.2) is 48.5 Å². The summed E-state index contributed by atoms with van der Waals surface area (Å²) in [5, 5.41) is 0. The van der Waals surface area contributed by atoms with Crippen LogP contribution < -0.4 is 11.5 Å². The molecule has 0 unspecified atom stereocenters. The standard InChI is InChI=1S/C38H64N2/c1-3-5-7-9-11-13-15-17-19-21-23-34-25-29-36(30-26-34)38(40,33-39)37-31-27-35(28-32-37)24-22-20-18-16-14-12-10-8-6-4-2/h25-32H,3-24,33,39-40H2,1-2H3. The van der Waals surface area contributed by atoms with Crippen LogP contribution in [0.2, 0.25) is 0 Å². The summed E-state index contributed by atoms with van der Waals surface area (Å²) >= 11 is 0. The van der Waals surface area contributed by atoms with Crippen molar-refractivity contribution < 1.29 is 0 Å². The molecule has 0 heterocycles. The van der Waals surface area contributed by atoms with Crippen LogP contribution in [-0.2, 0) is 18.4 Å². The highest BCUT2D eigenvalue weighted by Gasteiger charge is 2.28. The molecule has 40 heavy (non-hydrogen) atoms. The maximum absolute atomic E-state index is 6.93. The van der Waals surface area contributed by atoms with Crippen LogP contribution in [0.4, 0.5) is 0 Å². The van der Waals surface area contributed by atoms with Gasteiger partial charge in [0.25, 0.3) is 0 Å². The van der Waals surface area contributed by atoms with Crippen molar-refractivity contribution in [2.45, 2.75) is 161 Å². The Morgan fingerprint density at radius 3 is 0.975 bits per heavy atom. The molecule has 2 heteroatoms. The zero-order valence-corrected chi connectivity index (χ0v) is 26.5. The molecule has 0 aliphatic carbocycles. The van der Waals surface area contributed by atoms with Crippen LogP contribution in [0.25, 0.3) is 0 Å². The quantitative estimate of drug-likeness (QED) is 0.121. The first-order valence-electron chi connectivity index (χ1n) is 17.3. The van der Waals surface area contributed by atoms with Crippen molar-refractivity contribution in [3.63, 3.8) is 0 Å². The van der Waals surface area contributed by atoms with E-state index in [0.717, 1.165) is 24.0 Å². The molecule has 0 saturated carbocycles. The van der Waals surface area contributed by atoms with Crippen LogP contribution in [0.5, 0.6) is 0 Å². The Bertz CT molecular complexity index is 771. The topological polar surface area (TPSA) is 52.0 Å². The number of hydrogen-bond acceptors (Lipinski definition) is 2. The van der Waals surface area contributed by atoms with Gasteiger partial charge in [0.1, 0.15) is 0 Å². The molecule has 4 N–H and O–H groups in total. The van der Waals surface area contributed by atoms with Gasteiger partial charge in [-0.25, -0.2) is 0 Å². The van der Waals surface area contributed by atoms with Gasteiger partial charge in [-0.2, -0.15) is 0 Å². The van der Waals surface area contributed by atoms with Gasteiger partial charge in [-0.3, -0.25) is 0 Å². The Kier molecular flexibility index (Phi) is 19.0. The fourth-order valence-corrected chi connectivity index (χ4v) is 5.97. The molecule has 0 aliphatic heterocycles. The predicted molar refractivity (Wildman–Crippen MR) is 178 cm³/mol. The average molecular weight is 549 g/mol. The summed E-state index contributed by atoms with van der Waals surface area (Å²) in [5.74, 6) is 0. The number of benzene rings is 2. The molecule has 226 valence electrons. The van der Waals surface area contributed by atoms with Crippen molar-refractivity contribution >= 4 is 0 Å². The van der Waals surface area contributed by atoms with Crippen LogP contribution in [0.1, 0.15) is 165 Å². The molecule has 0 saturated heterocycles. The van der Waals surface area contributed by atoms with Gasteiger partial charge in [0.15, 0.2) is 0 Å². The lowest BCUT2D eigenvalue weighted by Gasteiger charge is -2.29. The van der Waals surface area contributed by atoms with Crippen molar-refractivity contribution in [1.82, 2.24) is 0 Å². The molecule has 0 aromatic heterocycles. The Hall–Kier alpha value is -1.64. The maximum atomic E-state index is 6.93. The first kappa shape index (κ1) is 34.6. The predicted octanol–water partition coefficient (Wildman–Crippen LogP) is 10.8. The lowest BCUT2D eigenvalue weighted by Crippen LogP contribution is -2.45. The SMILES string of the molecule is CCCCCCCCCCCCc1ccc(C(N)(CN)c2ccc(CCCCCCCCCCCC)cc2)cc1. The Balaban J connectivity index is 1.68. The van der Waals surface area contributed by atoms with E-state index in [1.54, 1.807) is 0 Å². The molecule has 0 atom stereocenters. The van der Waals surface area contributed by atoms with E-state index < -0.39 is 5.54 Å². The molecule has 0 spiro atoms. The molecule has 0 bridgehead atoms. The van der Waals surface area contributed by atoms with Crippen LogP contribution in [-0.4, -0.2) is 6.54 Å². The molecule has 2 aromatic rings. The highest BCUT2D eigenvalue weighted by Crippen LogP contribution is 2.27. The van der Waals surface area contributed by atoms with Crippen LogP contribution in [0.3, 0.4) is 0 Å². The summed E-state index contributed by atoms with van der Waals surface area (Å²) in [6.45, 7) is 4.98. The van der Waals surface area contributed by atoms with Crippen molar-refractivity contribution in [3.05, 3.63) is 70.8 Å². The van der Waals surface area contributed by atoms with E-state index in [1.807, 2.05) is 0 Å². The molecule has 2 nitrogen and oxygen atoms in total. The molecule has 0 radical (unpaired) electrons. The zero-order valence-electron chi connectivity index (χ0n) is 26.5. The lowest BCUT2D eigenvalue weighted by molar-refractivity contribution is 0.549. The van der Waals surface area contributed by atoms with E-state index in [0.29, 0.717) is 6.54 Å². The average Bonchev–Trinajstić information content (AvgIpc) is 2.99. The molecule has 0 amide bonds. The number of aryl methyl sites for hydroxylation is 2. The molecule has 2 rings (SSSR count). The highest BCUT2D eigenvalue weighted by atomic mass is 14.8. The molecule has 0 fully saturated rings. The monoisotopic (exact) mass is 549 g/mol. The summed E-state index contributed by atoms with van der Waals surface area (Å²) in [6.07, 6.45) is 29.9. The van der Waals surface area contributed by atoms with E-state index in [2.05, 4.69) is 62.4 Å². The number of unbranched alkanes of at least 4 members (excludes halogenated alkanes) is 18. The summed E-state index contributed by atoms with van der Waals surface area (Å²) in [6, 6.07) is 17.9. The normalized spacial score (nSPS) is 11.8. The highest BCUT2D eigenvalue weighted by molar-refractivity contribution is 5.40. The van der Waals surface area contributed by atoms with Gasteiger partial charge >= 0.3 is 0 Å². The van der Waals surface area contributed by atoms with Gasteiger partial charge in [-0.15, -0.1) is 0 Å². The number of hydrogen-bond donors (Lipinski definition) is 2. The summed E-state index contributed by atoms with van der Waals surface area (Å²) in [4.78, 5) is 0. The van der Waals surface area contributed by atoms with Crippen LogP contribution in [0, 0.1) is 0 Å². The van der Waals surface area contributed by atoms with Crippen LogP contribution >= 0.6 is 0 Å². The minimum absolute atomic E-state index is 0.405. The van der Waals surface area contributed by atoms with Crippen molar-refractivity contribution in [2.75, 3.05) is 6.54 Å². The summed E-state index contributed by atoms with van der Waals surface area (Å²) < 4.78 is 0. The van der Waals surface area contributed by atoms with E-state index in [-0.39, 0.29) is 0 Å². The summed E-state index contributed by atoms with van der Waals surface area (Å²) in [5.41, 5.74) is 17.6. The maximum Gasteiger partial charge on any atom is 0.0789 e. The van der Waals surface area contributed by atoms with Gasteiger partial charge in [0, 0.05) is 6.54 Å². The van der Waals surface area contributed by atoms with Crippen molar-refractivity contribution in [2.24, 2.45) is 11.5 Å². The first-order chi connectivity index (χ1) is 19.6. The van der Waals surface area contributed by atoms with E-state index >= 15 is 0 Å². The van der Waals surface area contributed by atoms with Crippen molar-refractivity contribution in [1.29, 1.82) is 0 Å². The largest absolute Gasteiger partial charge is 0.328 e. The van der Waals surface area contributed by atoms with E-state index in [4.69, 9.17) is 11.5 Å². The number of nitrogens with two attached hydrogens (primary N) is 2. The third-order valence-electron chi connectivity index (χ3n) is 8.90. The molecule has 2 aromatic carbocycles. The van der Waals surface area contributed by atoms with Gasteiger partial charge < -0.3 is 11.5 Å². The first-order valence-corrected chi connectivity index (χ1v) is 17.3. The van der Waals surface area contributed by atoms with E-state index in [9.17, 15) is 0 Å². The van der Waals surface area contributed by atoms with Gasteiger partial charge in [0.05, 0.1) is 5.54 Å². The molecular formula is C38H64N2. The Labute approximate surface area is 249 Å². The fourth-order valence-electron chi connectivity index (χ4n) is 5.97. The second kappa shape index (κ2) is 22.0. The Morgan fingerprint density at radius 2 is 0.700 bits per heavy atom. The fraction of sp³-hybridized carbons (Fsp3) is 0.684. The minimum atomic E-state index is -0.634. The third-order valence-corrected chi connectivity index (χ3v) is 8.90. The summed E-state index contributed by atoms with van der Waals surface area (Å²) in [7, 11) is 0. The molecular weight excluding hydrogens is 484 g/mol. The lowest BCUT2D eigenvalue weighted by atomic mass is 9.83.